The summed E-state index contributed by atoms with van der Waals surface area (Å²) in [6, 6.07) is 14.2. The average Bonchev–Trinajstić information content (AvgIpc) is 2.38. The van der Waals surface area contributed by atoms with Crippen LogP contribution in [0.5, 0.6) is 0 Å². The van der Waals surface area contributed by atoms with Crippen molar-refractivity contribution in [3.8, 4) is 0 Å². The normalized spacial score (nSPS) is 12.2. The average molecular weight is 344 g/mol. The second-order valence-electron chi connectivity index (χ2n) is 3.76. The largest absolute Gasteiger partial charge is 0.292 e. The number of carbonyl (C=O) groups is 1. The smallest absolute Gasteiger partial charge is 0.182 e. The fourth-order valence-corrected chi connectivity index (χ4v) is 2.49. The summed E-state index contributed by atoms with van der Waals surface area (Å²) in [5.74, 6) is -0.0667. The van der Waals surface area contributed by atoms with Crippen LogP contribution in [0.25, 0.3) is 0 Å². The molecule has 0 amide bonds. The predicted octanol–water partition coefficient (Wildman–Crippen LogP) is 5.31. The Hall–Kier alpha value is -0.830. The molecule has 0 aliphatic heterocycles. The van der Waals surface area contributed by atoms with E-state index in [9.17, 15) is 4.79 Å². The van der Waals surface area contributed by atoms with Gasteiger partial charge in [-0.3, -0.25) is 4.79 Å². The number of Topliss-reactive ketones (excluding diaryl/α,β-unsaturated/α-hetero) is 1. The van der Waals surface area contributed by atoms with E-state index < -0.39 is 4.83 Å². The van der Waals surface area contributed by atoms with Gasteiger partial charge in [0.05, 0.1) is 5.02 Å². The molecule has 0 radical (unpaired) electrons. The van der Waals surface area contributed by atoms with Crippen molar-refractivity contribution in [1.29, 1.82) is 0 Å². The maximum atomic E-state index is 12.3. The molecule has 4 heteroatoms. The first-order chi connectivity index (χ1) is 8.59. The van der Waals surface area contributed by atoms with Gasteiger partial charge in [0.2, 0.25) is 0 Å². The summed E-state index contributed by atoms with van der Waals surface area (Å²) in [7, 11) is 0. The topological polar surface area (TPSA) is 17.1 Å². The Morgan fingerprint density at radius 2 is 1.61 bits per heavy atom. The van der Waals surface area contributed by atoms with Gasteiger partial charge in [0.1, 0.15) is 4.83 Å². The lowest BCUT2D eigenvalue weighted by Gasteiger charge is -2.10. The van der Waals surface area contributed by atoms with E-state index in [0.717, 1.165) is 5.56 Å². The summed E-state index contributed by atoms with van der Waals surface area (Å²) in [4.78, 5) is 11.9. The van der Waals surface area contributed by atoms with Gasteiger partial charge in [-0.2, -0.15) is 0 Å². The minimum absolute atomic E-state index is 0.0667. The van der Waals surface area contributed by atoms with Crippen molar-refractivity contribution in [2.75, 3.05) is 0 Å². The van der Waals surface area contributed by atoms with Crippen molar-refractivity contribution >= 4 is 44.9 Å². The van der Waals surface area contributed by atoms with Crippen LogP contribution in [0.2, 0.25) is 10.0 Å². The van der Waals surface area contributed by atoms with Gasteiger partial charge in [0, 0.05) is 10.6 Å². The van der Waals surface area contributed by atoms with Crippen molar-refractivity contribution in [3.05, 3.63) is 69.7 Å². The summed E-state index contributed by atoms with van der Waals surface area (Å²) < 4.78 is 0. The standard InChI is InChI=1S/C14H9BrCl2O/c15-13(9-5-7-10(16)8-6-9)14(18)11-3-1-2-4-12(11)17/h1-8,13H/t13-/m0/s1. The summed E-state index contributed by atoms with van der Waals surface area (Å²) in [6.45, 7) is 0. The van der Waals surface area contributed by atoms with Crippen LogP contribution in [-0.2, 0) is 0 Å². The highest BCUT2D eigenvalue weighted by Gasteiger charge is 2.20. The van der Waals surface area contributed by atoms with Gasteiger partial charge in [-0.05, 0) is 29.8 Å². The lowest BCUT2D eigenvalue weighted by atomic mass is 10.0. The summed E-state index contributed by atoms with van der Waals surface area (Å²) in [5, 5.41) is 1.10. The second kappa shape index (κ2) is 5.87. The molecule has 0 N–H and O–H groups in total. The van der Waals surface area contributed by atoms with Gasteiger partial charge >= 0.3 is 0 Å². The van der Waals surface area contributed by atoms with Gasteiger partial charge in [0.15, 0.2) is 5.78 Å². The SMILES string of the molecule is O=C(c1ccccc1Cl)[C@@H](Br)c1ccc(Cl)cc1. The van der Waals surface area contributed by atoms with Gasteiger partial charge in [-0.1, -0.05) is 63.4 Å². The molecule has 2 rings (SSSR count). The third kappa shape index (κ3) is 2.94. The highest BCUT2D eigenvalue weighted by molar-refractivity contribution is 9.09. The molecule has 0 saturated heterocycles. The van der Waals surface area contributed by atoms with Gasteiger partial charge in [0.25, 0.3) is 0 Å². The van der Waals surface area contributed by atoms with E-state index in [2.05, 4.69) is 15.9 Å². The molecule has 1 atom stereocenters. The lowest BCUT2D eigenvalue weighted by Crippen LogP contribution is -2.07. The van der Waals surface area contributed by atoms with E-state index >= 15 is 0 Å². The number of hydrogen-bond donors (Lipinski definition) is 0. The number of carbonyl (C=O) groups excluding carboxylic acids is 1. The molecule has 0 fully saturated rings. The van der Waals surface area contributed by atoms with Crippen LogP contribution < -0.4 is 0 Å². The minimum Gasteiger partial charge on any atom is -0.292 e. The van der Waals surface area contributed by atoms with Crippen molar-refractivity contribution in [2.24, 2.45) is 0 Å². The molecule has 92 valence electrons. The maximum absolute atomic E-state index is 12.3. The van der Waals surface area contributed by atoms with E-state index in [1.165, 1.54) is 0 Å². The maximum Gasteiger partial charge on any atom is 0.182 e. The zero-order valence-electron chi connectivity index (χ0n) is 9.24. The molecular formula is C14H9BrCl2O. The van der Waals surface area contributed by atoms with E-state index in [4.69, 9.17) is 23.2 Å². The molecular weight excluding hydrogens is 335 g/mol. The highest BCUT2D eigenvalue weighted by Crippen LogP contribution is 2.30. The van der Waals surface area contributed by atoms with Crippen LogP contribution in [0.3, 0.4) is 0 Å². The molecule has 2 aromatic carbocycles. The molecule has 0 heterocycles. The first kappa shape index (κ1) is 13.6. The molecule has 0 aliphatic rings. The van der Waals surface area contributed by atoms with E-state index in [-0.39, 0.29) is 5.78 Å². The van der Waals surface area contributed by atoms with Crippen LogP contribution >= 0.6 is 39.1 Å². The summed E-state index contributed by atoms with van der Waals surface area (Å²) in [6.07, 6.45) is 0. The monoisotopic (exact) mass is 342 g/mol. The van der Waals surface area contributed by atoms with Crippen molar-refractivity contribution < 1.29 is 4.79 Å². The third-order valence-corrected chi connectivity index (χ3v) is 4.06. The molecule has 0 aliphatic carbocycles. The number of ketones is 1. The van der Waals surface area contributed by atoms with Crippen molar-refractivity contribution in [1.82, 2.24) is 0 Å². The molecule has 0 aromatic heterocycles. The Morgan fingerprint density at radius 3 is 2.22 bits per heavy atom. The van der Waals surface area contributed by atoms with Crippen molar-refractivity contribution in [2.45, 2.75) is 4.83 Å². The fraction of sp³-hybridized carbons (Fsp3) is 0.0714. The summed E-state index contributed by atoms with van der Waals surface area (Å²) in [5.41, 5.74) is 1.36. The zero-order chi connectivity index (χ0) is 13.1. The Morgan fingerprint density at radius 1 is 1.00 bits per heavy atom. The second-order valence-corrected chi connectivity index (χ2v) is 5.52. The van der Waals surface area contributed by atoms with Crippen LogP contribution in [0.15, 0.2) is 48.5 Å². The molecule has 0 saturated carbocycles. The molecule has 0 bridgehead atoms. The number of hydrogen-bond acceptors (Lipinski definition) is 1. The van der Waals surface area contributed by atoms with Crippen LogP contribution in [0, 0.1) is 0 Å². The number of halogens is 3. The Bertz CT molecular complexity index is 566. The molecule has 1 nitrogen and oxygen atoms in total. The third-order valence-electron chi connectivity index (χ3n) is 2.53. The van der Waals surface area contributed by atoms with Crippen LogP contribution in [0.4, 0.5) is 0 Å². The van der Waals surface area contributed by atoms with E-state index in [1.807, 2.05) is 12.1 Å². The Labute approximate surface area is 124 Å². The van der Waals surface area contributed by atoms with Gasteiger partial charge < -0.3 is 0 Å². The molecule has 0 unspecified atom stereocenters. The number of benzene rings is 2. The molecule has 2 aromatic rings. The lowest BCUT2D eigenvalue weighted by molar-refractivity contribution is 0.0991. The van der Waals surface area contributed by atoms with E-state index in [0.29, 0.717) is 15.6 Å². The van der Waals surface area contributed by atoms with Crippen LogP contribution in [-0.4, -0.2) is 5.78 Å². The van der Waals surface area contributed by atoms with Gasteiger partial charge in [-0.25, -0.2) is 0 Å². The fourth-order valence-electron chi connectivity index (χ4n) is 1.58. The quantitative estimate of drug-likeness (QED) is 0.545. The molecule has 18 heavy (non-hydrogen) atoms. The number of alkyl halides is 1. The number of rotatable bonds is 3. The predicted molar refractivity (Wildman–Crippen MR) is 78.9 cm³/mol. The zero-order valence-corrected chi connectivity index (χ0v) is 12.3. The molecule has 0 spiro atoms. The highest BCUT2D eigenvalue weighted by atomic mass is 79.9. The Balaban J connectivity index is 2.29. The minimum atomic E-state index is -0.422. The Kier molecular flexibility index (Phi) is 4.44. The first-order valence-electron chi connectivity index (χ1n) is 5.28. The summed E-state index contributed by atoms with van der Waals surface area (Å²) >= 11 is 15.2. The van der Waals surface area contributed by atoms with Gasteiger partial charge in [-0.15, -0.1) is 0 Å². The van der Waals surface area contributed by atoms with Crippen molar-refractivity contribution in [3.63, 3.8) is 0 Å². The van der Waals surface area contributed by atoms with Crippen LogP contribution in [0.1, 0.15) is 20.7 Å². The first-order valence-corrected chi connectivity index (χ1v) is 6.95. The van der Waals surface area contributed by atoms with E-state index in [1.54, 1.807) is 36.4 Å².